The Kier molecular flexibility index (Phi) is 9.26. The lowest BCUT2D eigenvalue weighted by molar-refractivity contribution is -0.132. The largest absolute Gasteiger partial charge is 0.368 e. The number of carbonyl (C=O) groups is 1. The Morgan fingerprint density at radius 1 is 0.967 bits per heavy atom. The molecule has 0 bridgehead atoms. The minimum Gasteiger partial charge on any atom is -0.368 e. The van der Waals surface area contributed by atoms with Crippen LogP contribution in [0.2, 0.25) is 5.02 Å². The van der Waals surface area contributed by atoms with Crippen molar-refractivity contribution in [1.29, 1.82) is 0 Å². The minimum absolute atomic E-state index is 0. The average molecular weight is 472 g/mol. The van der Waals surface area contributed by atoms with E-state index in [2.05, 4.69) is 40.1 Å². The van der Waals surface area contributed by atoms with Crippen molar-refractivity contribution in [2.45, 2.75) is 12.0 Å². The molecule has 2 saturated heterocycles. The van der Waals surface area contributed by atoms with Crippen LogP contribution in [0.1, 0.15) is 11.5 Å². The molecule has 0 radical (unpaired) electrons. The summed E-state index contributed by atoms with van der Waals surface area (Å²) in [6.45, 7) is 5.22. The van der Waals surface area contributed by atoms with Gasteiger partial charge in [0.05, 0.1) is 6.54 Å². The van der Waals surface area contributed by atoms with Crippen molar-refractivity contribution in [3.8, 4) is 0 Å². The molecule has 0 aliphatic carbocycles. The predicted molar refractivity (Wildman–Crippen MR) is 128 cm³/mol. The number of piperazine rings is 1. The number of carbonyl (C=O) groups excluding carboxylic acids is 1. The zero-order valence-corrected chi connectivity index (χ0v) is 19.2. The summed E-state index contributed by atoms with van der Waals surface area (Å²) < 4.78 is 0. The molecule has 2 fully saturated rings. The lowest BCUT2D eigenvalue weighted by atomic mass is 9.95. The molecule has 2 heterocycles. The zero-order chi connectivity index (χ0) is 19.5. The van der Waals surface area contributed by atoms with Crippen LogP contribution in [-0.4, -0.2) is 67.6 Å². The van der Waals surface area contributed by atoms with Crippen LogP contribution in [0.4, 0.5) is 5.69 Å². The second-order valence-corrected chi connectivity index (χ2v) is 8.16. The highest BCUT2D eigenvalue weighted by Crippen LogP contribution is 2.26. The van der Waals surface area contributed by atoms with Crippen molar-refractivity contribution in [2.75, 3.05) is 50.7 Å². The van der Waals surface area contributed by atoms with Crippen LogP contribution >= 0.6 is 36.4 Å². The van der Waals surface area contributed by atoms with Crippen molar-refractivity contribution in [2.24, 2.45) is 5.73 Å². The first-order valence-corrected chi connectivity index (χ1v) is 10.3. The molecule has 0 saturated carbocycles. The van der Waals surface area contributed by atoms with E-state index in [1.165, 1.54) is 5.56 Å². The smallest absolute Gasteiger partial charge is 0.236 e. The molecule has 2 aromatic carbocycles. The number of benzene rings is 2. The van der Waals surface area contributed by atoms with Crippen molar-refractivity contribution < 1.29 is 4.79 Å². The highest BCUT2D eigenvalue weighted by molar-refractivity contribution is 6.30. The zero-order valence-electron chi connectivity index (χ0n) is 16.8. The normalized spacial score (nSPS) is 21.7. The van der Waals surface area contributed by atoms with E-state index in [1.807, 2.05) is 29.2 Å². The van der Waals surface area contributed by atoms with Gasteiger partial charge < -0.3 is 15.5 Å². The summed E-state index contributed by atoms with van der Waals surface area (Å²) in [6.07, 6.45) is 0. The van der Waals surface area contributed by atoms with E-state index in [4.69, 9.17) is 17.3 Å². The summed E-state index contributed by atoms with van der Waals surface area (Å²) in [5.74, 6) is 0.500. The molecule has 2 aliphatic heterocycles. The van der Waals surface area contributed by atoms with Crippen molar-refractivity contribution in [3.05, 3.63) is 65.2 Å². The average Bonchev–Trinajstić information content (AvgIpc) is 3.09. The first-order chi connectivity index (χ1) is 13.6. The molecule has 0 spiro atoms. The third-order valence-corrected chi connectivity index (χ3v) is 6.07. The summed E-state index contributed by atoms with van der Waals surface area (Å²) >= 11 is 6.10. The van der Waals surface area contributed by atoms with E-state index in [0.29, 0.717) is 12.5 Å². The molecule has 164 valence electrons. The summed E-state index contributed by atoms with van der Waals surface area (Å²) in [7, 11) is 0. The van der Waals surface area contributed by atoms with Crippen molar-refractivity contribution in [1.82, 2.24) is 9.80 Å². The van der Waals surface area contributed by atoms with Gasteiger partial charge >= 0.3 is 0 Å². The monoisotopic (exact) mass is 470 g/mol. The van der Waals surface area contributed by atoms with Crippen molar-refractivity contribution in [3.63, 3.8) is 0 Å². The lowest BCUT2D eigenvalue weighted by Gasteiger charge is -2.36. The van der Waals surface area contributed by atoms with Gasteiger partial charge in [-0.05, 0) is 23.8 Å². The SMILES string of the molecule is Cl.Cl.N[C@@H]1CN(CC(=O)N2CCN(c3cccc(Cl)c3)CC2)C[C@H]1c1ccccc1. The third kappa shape index (κ3) is 5.80. The third-order valence-electron chi connectivity index (χ3n) is 5.83. The maximum Gasteiger partial charge on any atom is 0.236 e. The Morgan fingerprint density at radius 3 is 2.33 bits per heavy atom. The molecular formula is C22H29Cl3N4O. The summed E-state index contributed by atoms with van der Waals surface area (Å²) in [5.41, 5.74) is 8.75. The molecule has 1 amide bonds. The van der Waals surface area contributed by atoms with Gasteiger partial charge in [0, 0.05) is 61.9 Å². The molecule has 2 aromatic rings. The summed E-state index contributed by atoms with van der Waals surface area (Å²) in [6, 6.07) is 18.4. The van der Waals surface area contributed by atoms with E-state index in [-0.39, 0.29) is 36.8 Å². The molecule has 5 nitrogen and oxygen atoms in total. The van der Waals surface area contributed by atoms with E-state index in [9.17, 15) is 4.79 Å². The fourth-order valence-corrected chi connectivity index (χ4v) is 4.46. The highest BCUT2D eigenvalue weighted by atomic mass is 35.5. The first kappa shape index (κ1) is 24.8. The van der Waals surface area contributed by atoms with E-state index in [1.54, 1.807) is 0 Å². The van der Waals surface area contributed by atoms with E-state index in [0.717, 1.165) is 50.0 Å². The molecular weight excluding hydrogens is 443 g/mol. The number of likely N-dealkylation sites (tertiary alicyclic amines) is 1. The Hall–Kier alpha value is -1.50. The number of anilines is 1. The molecule has 8 heteroatoms. The van der Waals surface area contributed by atoms with Crippen LogP contribution in [0.3, 0.4) is 0 Å². The standard InChI is InChI=1S/C22H27ClN4O.2ClH/c23-18-7-4-8-19(13-18)26-9-11-27(12-10-26)22(28)16-25-14-20(21(24)15-25)17-5-2-1-3-6-17;;/h1-8,13,20-21H,9-12,14-16,24H2;2*1H/t20-,21+;;/m0../s1. The van der Waals surface area contributed by atoms with E-state index >= 15 is 0 Å². The highest BCUT2D eigenvalue weighted by Gasteiger charge is 2.33. The number of rotatable bonds is 4. The van der Waals surface area contributed by atoms with Gasteiger partial charge in [-0.1, -0.05) is 48.0 Å². The summed E-state index contributed by atoms with van der Waals surface area (Å²) in [4.78, 5) is 19.3. The minimum atomic E-state index is 0. The van der Waals surface area contributed by atoms with Crippen molar-refractivity contribution >= 4 is 48.0 Å². The van der Waals surface area contributed by atoms with Crippen LogP contribution < -0.4 is 10.6 Å². The number of nitrogens with two attached hydrogens (primary N) is 1. The Labute approximate surface area is 196 Å². The predicted octanol–water partition coefficient (Wildman–Crippen LogP) is 3.26. The Bertz CT molecular complexity index is 815. The maximum atomic E-state index is 12.8. The molecule has 0 aromatic heterocycles. The fraction of sp³-hybridized carbons (Fsp3) is 0.409. The van der Waals surface area contributed by atoms with Gasteiger partial charge in [-0.2, -0.15) is 0 Å². The number of amides is 1. The van der Waals surface area contributed by atoms with Gasteiger partial charge in [0.2, 0.25) is 5.91 Å². The van der Waals surface area contributed by atoms with Gasteiger partial charge in [0.25, 0.3) is 0 Å². The Balaban J connectivity index is 0.00000160. The topological polar surface area (TPSA) is 52.8 Å². The van der Waals surface area contributed by atoms with Crippen LogP contribution in [0.15, 0.2) is 54.6 Å². The lowest BCUT2D eigenvalue weighted by Crippen LogP contribution is -2.51. The van der Waals surface area contributed by atoms with Gasteiger partial charge in [0.1, 0.15) is 0 Å². The van der Waals surface area contributed by atoms with Gasteiger partial charge in [-0.15, -0.1) is 24.8 Å². The molecule has 30 heavy (non-hydrogen) atoms. The van der Waals surface area contributed by atoms with Gasteiger partial charge in [0.15, 0.2) is 0 Å². The van der Waals surface area contributed by atoms with Gasteiger partial charge in [-0.25, -0.2) is 0 Å². The maximum absolute atomic E-state index is 12.8. The quantitative estimate of drug-likeness (QED) is 0.744. The number of hydrogen-bond donors (Lipinski definition) is 1. The second kappa shape index (κ2) is 11.2. The van der Waals surface area contributed by atoms with Crippen LogP contribution in [0.25, 0.3) is 0 Å². The van der Waals surface area contributed by atoms with Gasteiger partial charge in [-0.3, -0.25) is 9.69 Å². The molecule has 2 aliphatic rings. The molecule has 0 unspecified atom stereocenters. The fourth-order valence-electron chi connectivity index (χ4n) is 4.27. The van der Waals surface area contributed by atoms with Crippen LogP contribution in [0, 0.1) is 0 Å². The number of halogens is 3. The molecule has 2 atom stereocenters. The van der Waals surface area contributed by atoms with Crippen LogP contribution in [-0.2, 0) is 4.79 Å². The molecule has 2 N–H and O–H groups in total. The molecule has 4 rings (SSSR count). The number of nitrogens with zero attached hydrogens (tertiary/aromatic N) is 3. The van der Waals surface area contributed by atoms with Crippen LogP contribution in [0.5, 0.6) is 0 Å². The van der Waals surface area contributed by atoms with E-state index < -0.39 is 0 Å². The number of hydrogen-bond acceptors (Lipinski definition) is 4. The second-order valence-electron chi connectivity index (χ2n) is 7.72. The first-order valence-electron chi connectivity index (χ1n) is 9.91. The Morgan fingerprint density at radius 2 is 1.67 bits per heavy atom. The summed E-state index contributed by atoms with van der Waals surface area (Å²) in [5, 5.41) is 0.745.